The van der Waals surface area contributed by atoms with Crippen molar-refractivity contribution in [1.82, 2.24) is 5.32 Å². The first-order chi connectivity index (χ1) is 42.4. The molecule has 87 heavy (non-hydrogen) atoms. The Kier molecular flexibility index (Phi) is 66.2. The summed E-state index contributed by atoms with van der Waals surface area (Å²) in [6.45, 7) is 6.91. The Morgan fingerprint density at radius 2 is 0.667 bits per heavy atom. The number of hydrogen-bond acceptors (Lipinski definition) is 7. The van der Waals surface area contributed by atoms with Crippen LogP contribution in [0, 0.1) is 0 Å². The van der Waals surface area contributed by atoms with E-state index in [-0.39, 0.29) is 31.5 Å². The summed E-state index contributed by atoms with van der Waals surface area (Å²) in [6, 6.07) is -0.884. The fourth-order valence-electron chi connectivity index (χ4n) is 11.9. The summed E-state index contributed by atoms with van der Waals surface area (Å²) < 4.78 is 30.5. The lowest BCUT2D eigenvalue weighted by Gasteiger charge is -2.30. The minimum Gasteiger partial charge on any atom is -0.756 e. The van der Waals surface area contributed by atoms with Crippen LogP contribution in [0.5, 0.6) is 0 Å². The highest BCUT2D eigenvalue weighted by Crippen LogP contribution is 2.38. The van der Waals surface area contributed by atoms with E-state index in [9.17, 15) is 19.0 Å². The maximum Gasteiger partial charge on any atom is 0.306 e. The van der Waals surface area contributed by atoms with Gasteiger partial charge in [0.25, 0.3) is 7.82 Å². The van der Waals surface area contributed by atoms with Gasteiger partial charge in [0, 0.05) is 12.8 Å². The molecule has 0 spiro atoms. The van der Waals surface area contributed by atoms with Gasteiger partial charge in [-0.25, -0.2) is 0 Å². The highest BCUT2D eigenvalue weighted by molar-refractivity contribution is 7.45. The van der Waals surface area contributed by atoms with E-state index in [1.807, 2.05) is 33.3 Å². The Balaban J connectivity index is 4.87. The van der Waals surface area contributed by atoms with Gasteiger partial charge in [-0.3, -0.25) is 14.2 Å². The molecule has 0 heterocycles. The second-order valence-electron chi connectivity index (χ2n) is 27.9. The molecule has 1 N–H and O–H groups in total. The SMILES string of the molecule is CCCCCCCC/C=C/CCCCCCCCCCCCCCCC(=O)NC(COP(=O)([O-])OCC[N+](C)(C)C)C(/C=C/CCCCCCCCCCC)OC(=O)CCCCCCCCCCCCCCCCCCCCCCCCCCCCC. The van der Waals surface area contributed by atoms with E-state index in [2.05, 4.69) is 38.2 Å². The number of ether oxygens (including phenoxy) is 1. The van der Waals surface area contributed by atoms with Gasteiger partial charge in [-0.15, -0.1) is 0 Å². The van der Waals surface area contributed by atoms with E-state index in [1.165, 1.54) is 315 Å². The van der Waals surface area contributed by atoms with Crippen LogP contribution in [0.3, 0.4) is 0 Å². The van der Waals surface area contributed by atoms with E-state index in [0.29, 0.717) is 17.4 Å². The van der Waals surface area contributed by atoms with Crippen LogP contribution < -0.4 is 10.2 Å². The van der Waals surface area contributed by atoms with Crippen LogP contribution >= 0.6 is 7.82 Å². The monoisotopic (exact) mass is 1250 g/mol. The van der Waals surface area contributed by atoms with Gasteiger partial charge in [0.1, 0.15) is 19.3 Å². The second kappa shape index (κ2) is 67.4. The number of esters is 1. The number of quaternary nitrogens is 1. The zero-order valence-electron chi connectivity index (χ0n) is 59.3. The maximum atomic E-state index is 13.6. The maximum absolute atomic E-state index is 13.6. The number of carbonyl (C=O) groups excluding carboxylic acids is 2. The smallest absolute Gasteiger partial charge is 0.306 e. The Hall–Kier alpha value is -1.51. The first kappa shape index (κ1) is 85.5. The van der Waals surface area contributed by atoms with Crippen molar-refractivity contribution in [3.8, 4) is 0 Å². The molecule has 0 aromatic carbocycles. The second-order valence-corrected chi connectivity index (χ2v) is 29.3. The van der Waals surface area contributed by atoms with E-state index in [4.69, 9.17) is 13.8 Å². The number of allylic oxidation sites excluding steroid dienone is 3. The molecule has 0 rings (SSSR count). The summed E-state index contributed by atoms with van der Waals surface area (Å²) in [4.78, 5) is 40.2. The standard InChI is InChI=1S/C77H151N2O7P/c1-7-10-13-16-19-22-25-27-29-31-33-35-37-38-39-40-42-44-46-48-50-52-55-58-61-64-67-70-77(81)86-75(68-65-62-59-56-53-24-21-18-15-12-9-3)74(73-85-87(82,83)84-72-71-79(4,5)6)78-76(80)69-66-63-60-57-54-51-49-47-45-43-41-36-34-32-30-28-26-23-20-17-14-11-8-2/h28,30,65,68,74-75H,7-27,29,31-64,66-67,69-73H2,1-6H3,(H-,78,80,82,83)/b30-28+,68-65+. The summed E-state index contributed by atoms with van der Waals surface area (Å²) in [7, 11) is 1.21. The third-order valence-electron chi connectivity index (χ3n) is 17.9. The zero-order valence-corrected chi connectivity index (χ0v) is 60.2. The molecule has 0 aliphatic carbocycles. The Bertz CT molecular complexity index is 1530. The molecule has 0 aliphatic rings. The molecule has 0 fully saturated rings. The van der Waals surface area contributed by atoms with Crippen molar-refractivity contribution in [2.75, 3.05) is 40.9 Å². The molecule has 10 heteroatoms. The van der Waals surface area contributed by atoms with Gasteiger partial charge in [0.15, 0.2) is 0 Å². The van der Waals surface area contributed by atoms with Crippen molar-refractivity contribution in [3.63, 3.8) is 0 Å². The first-order valence-corrected chi connectivity index (χ1v) is 40.1. The van der Waals surface area contributed by atoms with E-state index >= 15 is 0 Å². The van der Waals surface area contributed by atoms with Crippen LogP contribution in [0.1, 0.15) is 406 Å². The van der Waals surface area contributed by atoms with Crippen molar-refractivity contribution in [2.45, 2.75) is 418 Å². The lowest BCUT2D eigenvalue weighted by atomic mass is 10.0. The van der Waals surface area contributed by atoms with Crippen LogP contribution in [-0.2, 0) is 27.9 Å². The van der Waals surface area contributed by atoms with Gasteiger partial charge in [-0.2, -0.15) is 0 Å². The number of unbranched alkanes of at least 4 members (excludes halogenated alkanes) is 54. The number of rotatable bonds is 72. The molecule has 0 saturated heterocycles. The summed E-state index contributed by atoms with van der Waals surface area (Å²) in [5.74, 6) is -0.516. The molecule has 0 saturated carbocycles. The molecule has 0 radical (unpaired) electrons. The molecule has 3 atom stereocenters. The lowest BCUT2D eigenvalue weighted by molar-refractivity contribution is -0.870. The van der Waals surface area contributed by atoms with Crippen molar-refractivity contribution < 1.29 is 37.3 Å². The van der Waals surface area contributed by atoms with Gasteiger partial charge in [-0.1, -0.05) is 360 Å². The number of likely N-dealkylation sites (N-methyl/N-ethyl adjacent to an activating group) is 1. The zero-order chi connectivity index (χ0) is 63.5. The minimum atomic E-state index is -4.70. The number of amides is 1. The van der Waals surface area contributed by atoms with Crippen LogP contribution in [0.15, 0.2) is 24.3 Å². The number of carbonyl (C=O) groups is 2. The van der Waals surface area contributed by atoms with Crippen molar-refractivity contribution in [2.24, 2.45) is 0 Å². The predicted molar refractivity (Wildman–Crippen MR) is 377 cm³/mol. The highest BCUT2D eigenvalue weighted by atomic mass is 31.2. The number of nitrogens with one attached hydrogen (secondary N) is 1. The average Bonchev–Trinajstić information content (AvgIpc) is 3.70. The van der Waals surface area contributed by atoms with Gasteiger partial charge < -0.3 is 28.5 Å². The molecule has 9 nitrogen and oxygen atoms in total. The molecule has 0 aromatic heterocycles. The summed E-state index contributed by atoms with van der Waals surface area (Å²) >= 11 is 0. The van der Waals surface area contributed by atoms with Crippen LogP contribution in [0.25, 0.3) is 0 Å². The quantitative estimate of drug-likeness (QED) is 0.0212. The topological polar surface area (TPSA) is 114 Å². The Labute approximate surface area is 543 Å². The molecular formula is C77H151N2O7P. The molecule has 0 aliphatic heterocycles. The van der Waals surface area contributed by atoms with Gasteiger partial charge in [0.05, 0.1) is 33.8 Å². The Morgan fingerprint density at radius 3 is 0.977 bits per heavy atom. The van der Waals surface area contributed by atoms with Gasteiger partial charge >= 0.3 is 5.97 Å². The number of nitrogens with zero attached hydrogens (tertiary/aromatic N) is 1. The van der Waals surface area contributed by atoms with Crippen molar-refractivity contribution in [1.29, 1.82) is 0 Å². The predicted octanol–water partition coefficient (Wildman–Crippen LogP) is 24.2. The highest BCUT2D eigenvalue weighted by Gasteiger charge is 2.27. The minimum absolute atomic E-state index is 0.0180. The number of hydrogen-bond donors (Lipinski definition) is 1. The molecule has 516 valence electrons. The van der Waals surface area contributed by atoms with E-state index in [0.717, 1.165) is 57.8 Å². The first-order valence-electron chi connectivity index (χ1n) is 38.6. The molecule has 0 aromatic rings. The fourth-order valence-corrected chi connectivity index (χ4v) is 12.7. The summed E-state index contributed by atoms with van der Waals surface area (Å²) in [5.41, 5.74) is 0. The number of phosphoric ester groups is 1. The van der Waals surface area contributed by atoms with E-state index < -0.39 is 20.0 Å². The third-order valence-corrected chi connectivity index (χ3v) is 18.8. The third kappa shape index (κ3) is 68.7. The number of phosphoric acid groups is 1. The van der Waals surface area contributed by atoms with Crippen LogP contribution in [0.4, 0.5) is 0 Å². The Morgan fingerprint density at radius 1 is 0.391 bits per heavy atom. The van der Waals surface area contributed by atoms with Gasteiger partial charge in [-0.05, 0) is 57.4 Å². The molecule has 0 bridgehead atoms. The van der Waals surface area contributed by atoms with Gasteiger partial charge in [0.2, 0.25) is 5.91 Å². The fraction of sp³-hybridized carbons (Fsp3) is 0.922. The van der Waals surface area contributed by atoms with Crippen LogP contribution in [-0.4, -0.2) is 69.4 Å². The average molecular weight is 1250 g/mol. The van der Waals surface area contributed by atoms with Crippen molar-refractivity contribution >= 4 is 19.7 Å². The van der Waals surface area contributed by atoms with E-state index in [1.54, 1.807) is 0 Å². The van der Waals surface area contributed by atoms with Crippen molar-refractivity contribution in [3.05, 3.63) is 24.3 Å². The lowest BCUT2D eigenvalue weighted by Crippen LogP contribution is -2.47. The normalized spacial score (nSPS) is 13.5. The summed E-state index contributed by atoms with van der Waals surface area (Å²) in [5, 5.41) is 3.05. The summed E-state index contributed by atoms with van der Waals surface area (Å²) in [6.07, 6.45) is 83.3. The molecular weight excluding hydrogens is 1100 g/mol. The molecule has 1 amide bonds. The molecule has 3 unspecified atom stereocenters. The largest absolute Gasteiger partial charge is 0.756 e. The van der Waals surface area contributed by atoms with Crippen LogP contribution in [0.2, 0.25) is 0 Å².